The Morgan fingerprint density at radius 1 is 1.55 bits per heavy atom. The van der Waals surface area contributed by atoms with Crippen molar-refractivity contribution in [3.63, 3.8) is 0 Å². The molecular weight excluding hydrogens is 375 g/mol. The summed E-state index contributed by atoms with van der Waals surface area (Å²) in [6, 6.07) is 5.68. The molecule has 7 nitrogen and oxygen atoms in total. The number of nitro groups is 1. The van der Waals surface area contributed by atoms with Gasteiger partial charge in [-0.25, -0.2) is 0 Å². The smallest absolute Gasteiger partial charge is 0.358 e. The lowest BCUT2D eigenvalue weighted by Crippen LogP contribution is -2.18. The van der Waals surface area contributed by atoms with Crippen molar-refractivity contribution >= 4 is 40.0 Å². The molecule has 0 aliphatic heterocycles. The first-order valence-corrected chi connectivity index (χ1v) is 6.76. The summed E-state index contributed by atoms with van der Waals surface area (Å²) in [4.78, 5) is 25.4. The Morgan fingerprint density at radius 3 is 2.90 bits per heavy atom. The van der Waals surface area contributed by atoms with Gasteiger partial charge in [-0.3, -0.25) is 4.79 Å². The summed E-state index contributed by atoms with van der Waals surface area (Å²) in [5, 5.41) is 13.3. The number of halogens is 1. The third kappa shape index (κ3) is 3.53. The quantitative estimate of drug-likeness (QED) is 0.496. The summed E-state index contributed by atoms with van der Waals surface area (Å²) in [5.41, 5.74) is 1.69. The largest absolute Gasteiger partial charge is 0.381 e. The molecule has 0 saturated heterocycles. The molecule has 2 aromatic rings. The third-order valence-electron chi connectivity index (χ3n) is 2.60. The van der Waals surface area contributed by atoms with Gasteiger partial charge >= 0.3 is 5.82 Å². The zero-order chi connectivity index (χ0) is 14.7. The number of nitrogens with zero attached hydrogens (tertiary/aromatic N) is 3. The first-order valence-electron chi connectivity index (χ1n) is 5.68. The SMILES string of the molecule is Cc1cc(I)ccc1NC(=O)Cn1cnc([N+](=O)[O-])c1. The van der Waals surface area contributed by atoms with Crippen LogP contribution in [0.3, 0.4) is 0 Å². The van der Waals surface area contributed by atoms with Crippen LogP contribution in [0, 0.1) is 20.6 Å². The molecule has 1 heterocycles. The molecule has 2 rings (SSSR count). The number of imidazole rings is 1. The lowest BCUT2D eigenvalue weighted by molar-refractivity contribution is -0.389. The maximum atomic E-state index is 11.9. The van der Waals surface area contributed by atoms with Crippen molar-refractivity contribution < 1.29 is 9.72 Å². The molecule has 1 aromatic heterocycles. The van der Waals surface area contributed by atoms with Crippen LogP contribution in [0.25, 0.3) is 0 Å². The van der Waals surface area contributed by atoms with Crippen LogP contribution in [0.1, 0.15) is 5.56 Å². The van der Waals surface area contributed by atoms with E-state index in [1.807, 2.05) is 25.1 Å². The van der Waals surface area contributed by atoms with Crippen molar-refractivity contribution in [2.24, 2.45) is 0 Å². The second kappa shape index (κ2) is 5.99. The zero-order valence-electron chi connectivity index (χ0n) is 10.5. The molecule has 0 radical (unpaired) electrons. The minimum Gasteiger partial charge on any atom is -0.358 e. The van der Waals surface area contributed by atoms with Crippen LogP contribution in [-0.4, -0.2) is 20.4 Å². The van der Waals surface area contributed by atoms with E-state index in [1.165, 1.54) is 17.1 Å². The Kier molecular flexibility index (Phi) is 4.32. The Morgan fingerprint density at radius 2 is 2.30 bits per heavy atom. The molecule has 1 amide bonds. The molecule has 0 aliphatic carbocycles. The number of aryl methyl sites for hydroxylation is 1. The number of hydrogen-bond acceptors (Lipinski definition) is 4. The standard InChI is InChI=1S/C12H11IN4O3/c1-8-4-9(13)2-3-10(8)15-12(18)6-16-5-11(14-7-16)17(19)20/h2-5,7H,6H2,1H3,(H,15,18). The van der Waals surface area contributed by atoms with Gasteiger partial charge in [-0.1, -0.05) is 0 Å². The van der Waals surface area contributed by atoms with E-state index in [9.17, 15) is 14.9 Å². The second-order valence-electron chi connectivity index (χ2n) is 4.17. The molecule has 0 unspecified atom stereocenters. The average molecular weight is 386 g/mol. The maximum Gasteiger partial charge on any atom is 0.381 e. The van der Waals surface area contributed by atoms with Gasteiger partial charge in [0.1, 0.15) is 12.7 Å². The molecular formula is C12H11IN4O3. The van der Waals surface area contributed by atoms with Crippen molar-refractivity contribution in [2.45, 2.75) is 13.5 Å². The van der Waals surface area contributed by atoms with E-state index >= 15 is 0 Å². The van der Waals surface area contributed by atoms with Gasteiger partial charge in [0, 0.05) is 9.26 Å². The van der Waals surface area contributed by atoms with E-state index in [1.54, 1.807) is 0 Å². The van der Waals surface area contributed by atoms with Gasteiger partial charge in [0.25, 0.3) is 0 Å². The minimum atomic E-state index is -0.600. The first-order chi connectivity index (χ1) is 9.45. The number of hydrogen-bond donors (Lipinski definition) is 1. The summed E-state index contributed by atoms with van der Waals surface area (Å²) in [7, 11) is 0. The Labute approximate surface area is 128 Å². The molecule has 1 N–H and O–H groups in total. The third-order valence-corrected chi connectivity index (χ3v) is 3.27. The van der Waals surface area contributed by atoms with Crippen LogP contribution in [0.15, 0.2) is 30.7 Å². The number of anilines is 1. The molecule has 0 atom stereocenters. The number of amides is 1. The van der Waals surface area contributed by atoms with Gasteiger partial charge in [-0.05, 0) is 63.2 Å². The summed E-state index contributed by atoms with van der Waals surface area (Å²) in [5.74, 6) is -0.537. The molecule has 0 spiro atoms. The van der Waals surface area contributed by atoms with Gasteiger partial charge in [-0.2, -0.15) is 0 Å². The van der Waals surface area contributed by atoms with Gasteiger partial charge in [0.15, 0.2) is 0 Å². The Balaban J connectivity index is 2.03. The van der Waals surface area contributed by atoms with Crippen LogP contribution in [-0.2, 0) is 11.3 Å². The highest BCUT2D eigenvalue weighted by molar-refractivity contribution is 14.1. The Hall–Kier alpha value is -1.97. The van der Waals surface area contributed by atoms with E-state index in [0.29, 0.717) is 0 Å². The molecule has 0 bridgehead atoms. The fourth-order valence-electron chi connectivity index (χ4n) is 1.65. The van der Waals surface area contributed by atoms with Crippen molar-refractivity contribution in [1.29, 1.82) is 0 Å². The van der Waals surface area contributed by atoms with Crippen LogP contribution in [0.4, 0.5) is 11.5 Å². The second-order valence-corrected chi connectivity index (χ2v) is 5.41. The fraction of sp³-hybridized carbons (Fsp3) is 0.167. The lowest BCUT2D eigenvalue weighted by atomic mass is 10.2. The highest BCUT2D eigenvalue weighted by atomic mass is 127. The number of carbonyl (C=O) groups is 1. The van der Waals surface area contributed by atoms with E-state index in [4.69, 9.17) is 0 Å². The number of rotatable bonds is 4. The zero-order valence-corrected chi connectivity index (χ0v) is 12.7. The number of nitrogens with one attached hydrogen (secondary N) is 1. The molecule has 0 saturated carbocycles. The summed E-state index contributed by atoms with van der Waals surface area (Å²) >= 11 is 2.19. The Bertz CT molecular complexity index is 668. The first kappa shape index (κ1) is 14.4. The van der Waals surface area contributed by atoms with Crippen molar-refractivity contribution in [3.8, 4) is 0 Å². The summed E-state index contributed by atoms with van der Waals surface area (Å²) < 4.78 is 2.46. The van der Waals surface area contributed by atoms with Crippen molar-refractivity contribution in [3.05, 3.63) is 50.0 Å². The van der Waals surface area contributed by atoms with Gasteiger partial charge < -0.3 is 20.0 Å². The van der Waals surface area contributed by atoms with Crippen LogP contribution in [0.5, 0.6) is 0 Å². The predicted octanol–water partition coefficient (Wildman–Crippen LogP) is 2.34. The fourth-order valence-corrected chi connectivity index (χ4v) is 2.30. The molecule has 0 aliphatic rings. The van der Waals surface area contributed by atoms with Crippen LogP contribution in [0.2, 0.25) is 0 Å². The highest BCUT2D eigenvalue weighted by Crippen LogP contribution is 2.17. The van der Waals surface area contributed by atoms with Crippen LogP contribution < -0.4 is 5.32 Å². The van der Waals surface area contributed by atoms with Crippen molar-refractivity contribution in [2.75, 3.05) is 5.32 Å². The molecule has 20 heavy (non-hydrogen) atoms. The normalized spacial score (nSPS) is 10.3. The molecule has 0 fully saturated rings. The maximum absolute atomic E-state index is 11.9. The monoisotopic (exact) mass is 386 g/mol. The van der Waals surface area contributed by atoms with E-state index in [2.05, 4.69) is 32.9 Å². The highest BCUT2D eigenvalue weighted by Gasteiger charge is 2.12. The lowest BCUT2D eigenvalue weighted by Gasteiger charge is -2.08. The van der Waals surface area contributed by atoms with E-state index in [0.717, 1.165) is 14.8 Å². The van der Waals surface area contributed by atoms with Crippen molar-refractivity contribution in [1.82, 2.24) is 9.55 Å². The number of aromatic nitrogens is 2. The van der Waals surface area contributed by atoms with Gasteiger partial charge in [0.05, 0.1) is 0 Å². The number of carbonyl (C=O) groups excluding carboxylic acids is 1. The molecule has 104 valence electrons. The summed E-state index contributed by atoms with van der Waals surface area (Å²) in [6.07, 6.45) is 2.48. The average Bonchev–Trinajstić information content (AvgIpc) is 2.81. The summed E-state index contributed by atoms with van der Waals surface area (Å²) in [6.45, 7) is 1.88. The van der Waals surface area contributed by atoms with E-state index < -0.39 is 4.92 Å². The van der Waals surface area contributed by atoms with Gasteiger partial charge in [0.2, 0.25) is 12.2 Å². The van der Waals surface area contributed by atoms with E-state index in [-0.39, 0.29) is 18.3 Å². The topological polar surface area (TPSA) is 90.1 Å². The predicted molar refractivity (Wildman–Crippen MR) is 81.4 cm³/mol. The number of benzene rings is 1. The van der Waals surface area contributed by atoms with Crippen LogP contribution >= 0.6 is 22.6 Å². The molecule has 1 aromatic carbocycles. The minimum absolute atomic E-state index is 0.0216. The molecule has 8 heteroatoms. The van der Waals surface area contributed by atoms with Gasteiger partial charge in [-0.15, -0.1) is 0 Å².